The van der Waals surface area contributed by atoms with E-state index in [1.54, 1.807) is 0 Å². The van der Waals surface area contributed by atoms with Crippen molar-refractivity contribution in [3.8, 4) is 0 Å². The van der Waals surface area contributed by atoms with Crippen LogP contribution in [0, 0.1) is 0 Å². The van der Waals surface area contributed by atoms with E-state index in [9.17, 15) is 4.79 Å². The van der Waals surface area contributed by atoms with Crippen LogP contribution in [-0.2, 0) is 14.3 Å². The molecule has 0 saturated carbocycles. The van der Waals surface area contributed by atoms with E-state index in [1.807, 2.05) is 4.90 Å². The van der Waals surface area contributed by atoms with Gasteiger partial charge < -0.3 is 14.4 Å². The molecule has 4 nitrogen and oxygen atoms in total. The maximum Gasteiger partial charge on any atom is 0.222 e. The topological polar surface area (TPSA) is 38.8 Å². The summed E-state index contributed by atoms with van der Waals surface area (Å²) in [5, 5.41) is 0. The summed E-state index contributed by atoms with van der Waals surface area (Å²) in [5.74, 6) is 0.282. The number of hydrogen-bond acceptors (Lipinski definition) is 3. The number of carbonyl (C=O) groups is 1. The molecule has 0 aliphatic carbocycles. The Labute approximate surface area is 136 Å². The largest absolute Gasteiger partial charge is 0.376 e. The van der Waals surface area contributed by atoms with Crippen LogP contribution in [0.1, 0.15) is 73.6 Å². The van der Waals surface area contributed by atoms with Crippen molar-refractivity contribution in [2.24, 2.45) is 0 Å². The third kappa shape index (κ3) is 8.74. The zero-order valence-corrected chi connectivity index (χ0v) is 15.4. The first-order chi connectivity index (χ1) is 10.1. The molecule has 4 heteroatoms. The second-order valence-electron chi connectivity index (χ2n) is 8.23. The molecule has 1 aliphatic heterocycles. The molecule has 0 bridgehead atoms. The van der Waals surface area contributed by atoms with Gasteiger partial charge in [-0.2, -0.15) is 0 Å². The monoisotopic (exact) mass is 313 g/mol. The van der Waals surface area contributed by atoms with Crippen LogP contribution in [0.3, 0.4) is 0 Å². The Kier molecular flexibility index (Phi) is 7.33. The third-order valence-corrected chi connectivity index (χ3v) is 3.63. The number of unbranched alkanes of at least 4 members (excludes halogenated alkanes) is 1. The lowest BCUT2D eigenvalue weighted by molar-refractivity contribution is -0.136. The fraction of sp³-hybridized carbons (Fsp3) is 0.944. The normalized spacial score (nSPS) is 17.8. The standard InChI is InChI=1S/C18H35NO3/c1-17(2,3)21-14-8-7-9-16(20)19-12-10-15(11-13-19)22-18(4,5)6/h15H,7-14H2,1-6H3. The van der Waals surface area contributed by atoms with E-state index in [4.69, 9.17) is 9.47 Å². The van der Waals surface area contributed by atoms with Crippen molar-refractivity contribution in [2.45, 2.75) is 91.0 Å². The van der Waals surface area contributed by atoms with E-state index in [1.165, 1.54) is 0 Å². The fourth-order valence-corrected chi connectivity index (χ4v) is 2.64. The number of nitrogens with zero attached hydrogens (tertiary/aromatic N) is 1. The summed E-state index contributed by atoms with van der Waals surface area (Å²) in [6.45, 7) is 14.8. The molecule has 0 N–H and O–H groups in total. The summed E-state index contributed by atoms with van der Waals surface area (Å²) < 4.78 is 11.7. The van der Waals surface area contributed by atoms with Crippen LogP contribution in [0.15, 0.2) is 0 Å². The van der Waals surface area contributed by atoms with E-state index >= 15 is 0 Å². The van der Waals surface area contributed by atoms with Gasteiger partial charge in [0.25, 0.3) is 0 Å². The highest BCUT2D eigenvalue weighted by Gasteiger charge is 2.26. The van der Waals surface area contributed by atoms with Gasteiger partial charge in [0.1, 0.15) is 0 Å². The summed E-state index contributed by atoms with van der Waals surface area (Å²) in [4.78, 5) is 14.2. The number of amides is 1. The lowest BCUT2D eigenvalue weighted by Crippen LogP contribution is -2.42. The molecule has 0 aromatic rings. The highest BCUT2D eigenvalue weighted by molar-refractivity contribution is 5.76. The van der Waals surface area contributed by atoms with Crippen molar-refractivity contribution < 1.29 is 14.3 Å². The Hall–Kier alpha value is -0.610. The number of likely N-dealkylation sites (tertiary alicyclic amines) is 1. The van der Waals surface area contributed by atoms with Crippen molar-refractivity contribution in [1.29, 1.82) is 0 Å². The van der Waals surface area contributed by atoms with Crippen LogP contribution >= 0.6 is 0 Å². The molecule has 1 rings (SSSR count). The van der Waals surface area contributed by atoms with Gasteiger partial charge in [-0.05, 0) is 67.2 Å². The molecular weight excluding hydrogens is 278 g/mol. The third-order valence-electron chi connectivity index (χ3n) is 3.63. The minimum absolute atomic E-state index is 0.0844. The lowest BCUT2D eigenvalue weighted by atomic mass is 10.1. The Morgan fingerprint density at radius 2 is 1.59 bits per heavy atom. The van der Waals surface area contributed by atoms with Crippen molar-refractivity contribution in [2.75, 3.05) is 19.7 Å². The zero-order chi connectivity index (χ0) is 16.8. The molecule has 0 aromatic carbocycles. The van der Waals surface area contributed by atoms with Gasteiger partial charge in [0.2, 0.25) is 5.91 Å². The molecule has 0 atom stereocenters. The van der Waals surface area contributed by atoms with Crippen molar-refractivity contribution in [3.05, 3.63) is 0 Å². The van der Waals surface area contributed by atoms with Gasteiger partial charge in [-0.25, -0.2) is 0 Å². The molecule has 1 fully saturated rings. The van der Waals surface area contributed by atoms with Gasteiger partial charge in [-0.1, -0.05) is 0 Å². The number of piperidine rings is 1. The van der Waals surface area contributed by atoms with E-state index in [0.717, 1.165) is 45.4 Å². The van der Waals surface area contributed by atoms with Crippen LogP contribution in [0.25, 0.3) is 0 Å². The van der Waals surface area contributed by atoms with Gasteiger partial charge in [-0.3, -0.25) is 4.79 Å². The molecule has 1 aliphatic rings. The van der Waals surface area contributed by atoms with Crippen molar-refractivity contribution in [1.82, 2.24) is 4.90 Å². The summed E-state index contributed by atoms with van der Waals surface area (Å²) in [5.41, 5.74) is -0.178. The van der Waals surface area contributed by atoms with Crippen molar-refractivity contribution >= 4 is 5.91 Å². The molecule has 0 aromatic heterocycles. The van der Waals surface area contributed by atoms with E-state index in [-0.39, 0.29) is 17.1 Å². The van der Waals surface area contributed by atoms with Gasteiger partial charge in [-0.15, -0.1) is 0 Å². The predicted octanol–water partition coefficient (Wildman–Crippen LogP) is 3.78. The second-order valence-corrected chi connectivity index (χ2v) is 8.23. The van der Waals surface area contributed by atoms with E-state index in [0.29, 0.717) is 12.5 Å². The summed E-state index contributed by atoms with van der Waals surface area (Å²) >= 11 is 0. The molecule has 1 amide bonds. The maximum atomic E-state index is 12.2. The summed E-state index contributed by atoms with van der Waals surface area (Å²) in [7, 11) is 0. The van der Waals surface area contributed by atoms with Crippen LogP contribution in [0.4, 0.5) is 0 Å². The molecule has 130 valence electrons. The van der Waals surface area contributed by atoms with Gasteiger partial charge in [0.15, 0.2) is 0 Å². The summed E-state index contributed by atoms with van der Waals surface area (Å²) in [6.07, 6.45) is 4.70. The molecule has 22 heavy (non-hydrogen) atoms. The fourth-order valence-electron chi connectivity index (χ4n) is 2.64. The highest BCUT2D eigenvalue weighted by atomic mass is 16.5. The Balaban J connectivity index is 2.15. The van der Waals surface area contributed by atoms with Crippen molar-refractivity contribution in [3.63, 3.8) is 0 Å². The number of rotatable bonds is 6. The predicted molar refractivity (Wildman–Crippen MR) is 90.0 cm³/mol. The van der Waals surface area contributed by atoms with E-state index in [2.05, 4.69) is 41.5 Å². The Morgan fingerprint density at radius 1 is 1.00 bits per heavy atom. The van der Waals surface area contributed by atoms with Gasteiger partial charge in [0.05, 0.1) is 17.3 Å². The first-order valence-corrected chi connectivity index (χ1v) is 8.66. The second kappa shape index (κ2) is 8.30. The summed E-state index contributed by atoms with van der Waals surface area (Å²) in [6, 6.07) is 0. The number of hydrogen-bond donors (Lipinski definition) is 0. The molecule has 0 unspecified atom stereocenters. The van der Waals surface area contributed by atoms with Gasteiger partial charge in [0, 0.05) is 26.1 Å². The number of ether oxygens (including phenoxy) is 2. The van der Waals surface area contributed by atoms with Gasteiger partial charge >= 0.3 is 0 Å². The van der Waals surface area contributed by atoms with Crippen LogP contribution in [0.5, 0.6) is 0 Å². The molecule has 1 heterocycles. The SMILES string of the molecule is CC(C)(C)OCCCCC(=O)N1CCC(OC(C)(C)C)CC1. The quantitative estimate of drug-likeness (QED) is 0.701. The Bertz CT molecular complexity index is 333. The molecule has 0 spiro atoms. The van der Waals surface area contributed by atoms with E-state index < -0.39 is 0 Å². The van der Waals surface area contributed by atoms with Crippen LogP contribution in [-0.4, -0.2) is 47.8 Å². The molecule has 0 radical (unpaired) electrons. The molecule has 1 saturated heterocycles. The Morgan fingerprint density at radius 3 is 2.09 bits per heavy atom. The zero-order valence-electron chi connectivity index (χ0n) is 15.4. The highest BCUT2D eigenvalue weighted by Crippen LogP contribution is 2.20. The van der Waals surface area contributed by atoms with Crippen LogP contribution < -0.4 is 0 Å². The lowest BCUT2D eigenvalue weighted by Gasteiger charge is -2.35. The first kappa shape index (κ1) is 19.4. The minimum atomic E-state index is -0.0934. The first-order valence-electron chi connectivity index (χ1n) is 8.66. The maximum absolute atomic E-state index is 12.2. The minimum Gasteiger partial charge on any atom is -0.376 e. The average Bonchev–Trinajstić information content (AvgIpc) is 2.35. The smallest absolute Gasteiger partial charge is 0.222 e. The van der Waals surface area contributed by atoms with Crippen LogP contribution in [0.2, 0.25) is 0 Å². The average molecular weight is 313 g/mol. The molecular formula is C18H35NO3. The number of carbonyl (C=O) groups excluding carboxylic acids is 1.